The Morgan fingerprint density at radius 1 is 0.824 bits per heavy atom. The summed E-state index contributed by atoms with van der Waals surface area (Å²) in [6, 6.07) is 33.2. The summed E-state index contributed by atoms with van der Waals surface area (Å²) in [5.41, 5.74) is 4.45. The lowest BCUT2D eigenvalue weighted by molar-refractivity contribution is 0.414. The van der Waals surface area contributed by atoms with E-state index in [9.17, 15) is 8.42 Å². The van der Waals surface area contributed by atoms with E-state index < -0.39 is 15.4 Å². The fourth-order valence-electron chi connectivity index (χ4n) is 4.92. The first-order valence-corrected chi connectivity index (χ1v) is 12.8. The van der Waals surface area contributed by atoms with Gasteiger partial charge in [-0.15, -0.1) is 0 Å². The number of ether oxygens (including phenoxy) is 1. The number of anilines is 1. The largest absolute Gasteiger partial charge is 0.497 e. The van der Waals surface area contributed by atoms with Gasteiger partial charge in [0.2, 0.25) is 0 Å². The molecule has 5 heteroatoms. The number of para-hydroxylation sites is 1. The minimum Gasteiger partial charge on any atom is -0.497 e. The molecule has 1 aliphatic rings. The van der Waals surface area contributed by atoms with Crippen molar-refractivity contribution in [1.29, 1.82) is 0 Å². The highest BCUT2D eigenvalue weighted by atomic mass is 32.2. The standard InChI is InChI=1S/C29H27NO3S/c1-22-12-18-26(19-13-22)34(31,32)30-21-29(20-23-8-4-3-5-9-23,27-10-6-7-11-28(27)30)24-14-16-25(33-2)17-15-24/h3-19H,20-21H2,1-2H3. The molecule has 0 fully saturated rings. The van der Waals surface area contributed by atoms with Gasteiger partial charge in [-0.1, -0.05) is 78.4 Å². The predicted molar refractivity (Wildman–Crippen MR) is 136 cm³/mol. The Kier molecular flexibility index (Phi) is 5.66. The summed E-state index contributed by atoms with van der Waals surface area (Å²) in [5, 5.41) is 0. The molecule has 4 aromatic carbocycles. The molecule has 1 aliphatic heterocycles. The normalized spacial score (nSPS) is 17.4. The summed E-state index contributed by atoms with van der Waals surface area (Å²) in [7, 11) is -2.10. The zero-order valence-electron chi connectivity index (χ0n) is 19.3. The zero-order valence-corrected chi connectivity index (χ0v) is 20.1. The van der Waals surface area contributed by atoms with E-state index in [1.54, 1.807) is 23.5 Å². The fraction of sp³-hybridized carbons (Fsp3) is 0.172. The molecule has 0 aliphatic carbocycles. The number of hydrogen-bond acceptors (Lipinski definition) is 3. The molecule has 0 amide bonds. The molecular weight excluding hydrogens is 442 g/mol. The fourth-order valence-corrected chi connectivity index (χ4v) is 6.46. The van der Waals surface area contributed by atoms with E-state index in [-0.39, 0.29) is 0 Å². The Bertz CT molecular complexity index is 1400. The van der Waals surface area contributed by atoms with Crippen molar-refractivity contribution in [2.45, 2.75) is 23.7 Å². The summed E-state index contributed by atoms with van der Waals surface area (Å²) < 4.78 is 34.7. The van der Waals surface area contributed by atoms with Crippen LogP contribution in [0.5, 0.6) is 5.75 Å². The third-order valence-electron chi connectivity index (χ3n) is 6.70. The van der Waals surface area contributed by atoms with Crippen molar-refractivity contribution >= 4 is 15.7 Å². The zero-order chi connectivity index (χ0) is 23.8. The first-order chi connectivity index (χ1) is 16.4. The van der Waals surface area contributed by atoms with Crippen molar-refractivity contribution < 1.29 is 13.2 Å². The second-order valence-electron chi connectivity index (χ2n) is 8.81. The SMILES string of the molecule is COc1ccc(C2(Cc3ccccc3)CN(S(=O)(=O)c3ccc(C)cc3)c3ccccc32)cc1. The molecule has 172 valence electrons. The van der Waals surface area contributed by atoms with Crippen molar-refractivity contribution in [3.8, 4) is 5.75 Å². The maximum absolute atomic E-state index is 13.9. The number of fused-ring (bicyclic) bond motifs is 1. The van der Waals surface area contributed by atoms with Crippen molar-refractivity contribution in [2.75, 3.05) is 18.0 Å². The van der Waals surface area contributed by atoms with E-state index >= 15 is 0 Å². The van der Waals surface area contributed by atoms with Crippen LogP contribution in [0.25, 0.3) is 0 Å². The molecule has 0 bridgehead atoms. The van der Waals surface area contributed by atoms with Crippen LogP contribution in [-0.4, -0.2) is 22.1 Å². The lowest BCUT2D eigenvalue weighted by atomic mass is 9.72. The molecule has 4 aromatic rings. The average molecular weight is 470 g/mol. The topological polar surface area (TPSA) is 46.6 Å². The number of methoxy groups -OCH3 is 1. The van der Waals surface area contributed by atoms with Gasteiger partial charge in [-0.2, -0.15) is 0 Å². The molecule has 1 atom stereocenters. The third-order valence-corrected chi connectivity index (χ3v) is 8.48. The molecule has 0 aromatic heterocycles. The lowest BCUT2D eigenvalue weighted by Crippen LogP contribution is -2.39. The van der Waals surface area contributed by atoms with Gasteiger partial charge in [0.15, 0.2) is 0 Å². The molecule has 5 rings (SSSR count). The van der Waals surface area contributed by atoms with Crippen molar-refractivity contribution in [1.82, 2.24) is 0 Å². The van der Waals surface area contributed by atoms with Gasteiger partial charge in [0, 0.05) is 12.0 Å². The molecule has 1 heterocycles. The van der Waals surface area contributed by atoms with Gasteiger partial charge in [0.1, 0.15) is 5.75 Å². The Hall–Kier alpha value is -3.57. The van der Waals surface area contributed by atoms with Crippen LogP contribution >= 0.6 is 0 Å². The number of rotatable bonds is 6. The van der Waals surface area contributed by atoms with Gasteiger partial charge in [-0.05, 0) is 60.4 Å². The Balaban J connectivity index is 1.69. The maximum atomic E-state index is 13.9. The van der Waals surface area contributed by atoms with Crippen molar-refractivity contribution in [3.05, 3.63) is 125 Å². The van der Waals surface area contributed by atoms with Gasteiger partial charge in [-0.25, -0.2) is 8.42 Å². The Morgan fingerprint density at radius 2 is 1.47 bits per heavy atom. The van der Waals surface area contributed by atoms with Crippen LogP contribution in [0.1, 0.15) is 22.3 Å². The molecule has 1 unspecified atom stereocenters. The maximum Gasteiger partial charge on any atom is 0.264 e. The van der Waals surface area contributed by atoms with Crippen LogP contribution in [0.2, 0.25) is 0 Å². The van der Waals surface area contributed by atoms with Crippen LogP contribution in [-0.2, 0) is 21.9 Å². The number of aryl methyl sites for hydroxylation is 1. The third kappa shape index (κ3) is 3.76. The van der Waals surface area contributed by atoms with Crippen LogP contribution in [0, 0.1) is 6.92 Å². The molecular formula is C29H27NO3S. The van der Waals surface area contributed by atoms with Crippen molar-refractivity contribution in [2.24, 2.45) is 0 Å². The molecule has 4 nitrogen and oxygen atoms in total. The van der Waals surface area contributed by atoms with E-state index in [1.807, 2.05) is 67.6 Å². The van der Waals surface area contributed by atoms with Gasteiger partial charge < -0.3 is 4.74 Å². The van der Waals surface area contributed by atoms with Gasteiger partial charge in [0.05, 0.1) is 17.7 Å². The molecule has 0 saturated heterocycles. The van der Waals surface area contributed by atoms with Crippen LogP contribution in [0.3, 0.4) is 0 Å². The molecule has 0 radical (unpaired) electrons. The number of hydrogen-bond donors (Lipinski definition) is 0. The number of benzene rings is 4. The second kappa shape index (κ2) is 8.65. The highest BCUT2D eigenvalue weighted by Gasteiger charge is 2.48. The monoisotopic (exact) mass is 469 g/mol. The van der Waals surface area contributed by atoms with Gasteiger partial charge >= 0.3 is 0 Å². The summed E-state index contributed by atoms with van der Waals surface area (Å²) in [5.74, 6) is 0.772. The predicted octanol–water partition coefficient (Wildman–Crippen LogP) is 5.74. The summed E-state index contributed by atoms with van der Waals surface area (Å²) >= 11 is 0. The number of nitrogens with zero attached hydrogens (tertiary/aromatic N) is 1. The minimum atomic E-state index is -3.74. The smallest absolute Gasteiger partial charge is 0.264 e. The molecule has 34 heavy (non-hydrogen) atoms. The summed E-state index contributed by atoms with van der Waals surface area (Å²) in [6.07, 6.45) is 0.678. The number of sulfonamides is 1. The highest BCUT2D eigenvalue weighted by Crippen LogP contribution is 2.49. The Morgan fingerprint density at radius 3 is 2.15 bits per heavy atom. The molecule has 0 N–H and O–H groups in total. The van der Waals surface area contributed by atoms with Gasteiger partial charge in [0.25, 0.3) is 10.0 Å². The highest BCUT2D eigenvalue weighted by molar-refractivity contribution is 7.92. The first-order valence-electron chi connectivity index (χ1n) is 11.3. The van der Waals surface area contributed by atoms with Crippen molar-refractivity contribution in [3.63, 3.8) is 0 Å². The van der Waals surface area contributed by atoms with Gasteiger partial charge in [-0.3, -0.25) is 4.31 Å². The van der Waals surface area contributed by atoms with Crippen LogP contribution in [0.4, 0.5) is 5.69 Å². The van der Waals surface area contributed by atoms with Crippen LogP contribution in [0.15, 0.2) is 108 Å². The van der Waals surface area contributed by atoms with Crippen LogP contribution < -0.4 is 9.04 Å². The Labute approximate surface area is 201 Å². The summed E-state index contributed by atoms with van der Waals surface area (Å²) in [6.45, 7) is 2.28. The van der Waals surface area contributed by atoms with E-state index in [2.05, 4.69) is 30.3 Å². The second-order valence-corrected chi connectivity index (χ2v) is 10.7. The van der Waals surface area contributed by atoms with E-state index in [1.165, 1.54) is 0 Å². The lowest BCUT2D eigenvalue weighted by Gasteiger charge is -2.32. The molecule has 0 saturated carbocycles. The average Bonchev–Trinajstić information content (AvgIpc) is 3.21. The summed E-state index contributed by atoms with van der Waals surface area (Å²) in [4.78, 5) is 0.304. The molecule has 0 spiro atoms. The quantitative estimate of drug-likeness (QED) is 0.362. The first kappa shape index (κ1) is 22.2. The minimum absolute atomic E-state index is 0.304. The van der Waals surface area contributed by atoms with E-state index in [4.69, 9.17) is 4.74 Å². The van der Waals surface area contributed by atoms with E-state index in [0.29, 0.717) is 17.9 Å². The van der Waals surface area contributed by atoms with E-state index in [0.717, 1.165) is 33.7 Å².